The predicted molar refractivity (Wildman–Crippen MR) is 85.2 cm³/mol. The van der Waals surface area contributed by atoms with E-state index in [0.717, 1.165) is 35.0 Å². The normalized spacial score (nSPS) is 15.3. The van der Waals surface area contributed by atoms with E-state index < -0.39 is 0 Å². The van der Waals surface area contributed by atoms with Gasteiger partial charge in [0.05, 0.1) is 13.2 Å². The molecule has 0 radical (unpaired) electrons. The summed E-state index contributed by atoms with van der Waals surface area (Å²) >= 11 is 1.71. The van der Waals surface area contributed by atoms with E-state index in [2.05, 4.69) is 30.3 Å². The molecule has 1 atom stereocenters. The molecule has 1 aliphatic rings. The third-order valence-electron chi connectivity index (χ3n) is 3.36. The predicted octanol–water partition coefficient (Wildman–Crippen LogP) is 4.02. The van der Waals surface area contributed by atoms with Crippen LogP contribution in [0.3, 0.4) is 0 Å². The van der Waals surface area contributed by atoms with Gasteiger partial charge in [-0.2, -0.15) is 0 Å². The maximum absolute atomic E-state index is 5.87. The summed E-state index contributed by atoms with van der Waals surface area (Å²) in [7, 11) is 0. The average molecular weight is 301 g/mol. The van der Waals surface area contributed by atoms with Crippen LogP contribution in [-0.2, 0) is 0 Å². The zero-order valence-corrected chi connectivity index (χ0v) is 12.9. The Bertz CT molecular complexity index is 611. The van der Waals surface area contributed by atoms with E-state index in [1.54, 1.807) is 11.8 Å². The van der Waals surface area contributed by atoms with Gasteiger partial charge >= 0.3 is 0 Å². The van der Waals surface area contributed by atoms with Crippen molar-refractivity contribution >= 4 is 11.8 Å². The quantitative estimate of drug-likeness (QED) is 0.930. The van der Waals surface area contributed by atoms with Crippen LogP contribution in [0.25, 0.3) is 0 Å². The summed E-state index contributed by atoms with van der Waals surface area (Å²) in [6.07, 6.45) is 0.926. The highest BCUT2D eigenvalue weighted by Crippen LogP contribution is 2.36. The maximum Gasteiger partial charge on any atom is 0.162 e. The van der Waals surface area contributed by atoms with Crippen LogP contribution in [0.1, 0.15) is 24.9 Å². The lowest BCUT2D eigenvalue weighted by molar-refractivity contribution is 0.297. The highest BCUT2D eigenvalue weighted by Gasteiger charge is 2.11. The van der Waals surface area contributed by atoms with Crippen molar-refractivity contribution in [2.45, 2.75) is 29.2 Å². The topological polar surface area (TPSA) is 44.5 Å². The van der Waals surface area contributed by atoms with Gasteiger partial charge in [-0.05, 0) is 42.8 Å². The zero-order valence-electron chi connectivity index (χ0n) is 12.0. The van der Waals surface area contributed by atoms with Crippen molar-refractivity contribution in [3.63, 3.8) is 0 Å². The van der Waals surface area contributed by atoms with Gasteiger partial charge in [-0.1, -0.05) is 23.9 Å². The average Bonchev–Trinajstić information content (AvgIpc) is 2.72. The highest BCUT2D eigenvalue weighted by molar-refractivity contribution is 7.99. The molecule has 0 unspecified atom stereocenters. The van der Waals surface area contributed by atoms with E-state index in [9.17, 15) is 0 Å². The number of nitrogens with two attached hydrogens (primary N) is 1. The van der Waals surface area contributed by atoms with Gasteiger partial charge in [0, 0.05) is 22.3 Å². The highest BCUT2D eigenvalue weighted by atomic mass is 32.2. The number of hydrogen-bond donors (Lipinski definition) is 1. The Morgan fingerprint density at radius 2 is 1.62 bits per heavy atom. The van der Waals surface area contributed by atoms with Gasteiger partial charge in [0.25, 0.3) is 0 Å². The Balaban J connectivity index is 1.77. The minimum absolute atomic E-state index is 0.0714. The van der Waals surface area contributed by atoms with Crippen molar-refractivity contribution in [2.75, 3.05) is 13.2 Å². The van der Waals surface area contributed by atoms with Crippen molar-refractivity contribution in [1.82, 2.24) is 0 Å². The maximum atomic E-state index is 5.87. The summed E-state index contributed by atoms with van der Waals surface area (Å²) in [5.41, 5.74) is 7.02. The molecule has 4 heteroatoms. The molecule has 0 spiro atoms. The standard InChI is InChI=1S/C17H19NO2S/c1-12(18)13-3-5-14(6-4-13)21-15-7-8-16-17(11-15)20-10-2-9-19-16/h3-8,11-12H,2,9-10,18H2,1H3/t12-/m0/s1. The number of hydrogen-bond acceptors (Lipinski definition) is 4. The first-order valence-electron chi connectivity index (χ1n) is 7.15. The zero-order chi connectivity index (χ0) is 14.7. The lowest BCUT2D eigenvalue weighted by atomic mass is 10.1. The largest absolute Gasteiger partial charge is 0.490 e. The first kappa shape index (κ1) is 14.3. The van der Waals surface area contributed by atoms with Crippen LogP contribution >= 0.6 is 11.8 Å². The molecule has 0 aromatic heterocycles. The second-order valence-corrected chi connectivity index (χ2v) is 6.27. The Kier molecular flexibility index (Phi) is 4.36. The SMILES string of the molecule is C[C@H](N)c1ccc(Sc2ccc3c(c2)OCCCO3)cc1. The number of fused-ring (bicyclic) bond motifs is 1. The number of ether oxygens (including phenoxy) is 2. The first-order chi connectivity index (χ1) is 10.2. The molecule has 1 aliphatic heterocycles. The number of benzene rings is 2. The molecule has 2 N–H and O–H groups in total. The molecule has 2 aromatic carbocycles. The molecule has 0 saturated heterocycles. The van der Waals surface area contributed by atoms with Gasteiger partial charge in [-0.25, -0.2) is 0 Å². The Morgan fingerprint density at radius 3 is 2.33 bits per heavy atom. The van der Waals surface area contributed by atoms with E-state index in [4.69, 9.17) is 15.2 Å². The van der Waals surface area contributed by atoms with E-state index in [0.29, 0.717) is 6.61 Å². The minimum Gasteiger partial charge on any atom is -0.490 e. The van der Waals surface area contributed by atoms with E-state index in [1.807, 2.05) is 19.1 Å². The van der Waals surface area contributed by atoms with Gasteiger partial charge in [-0.3, -0.25) is 0 Å². The molecule has 0 bridgehead atoms. The van der Waals surface area contributed by atoms with Gasteiger partial charge < -0.3 is 15.2 Å². The molecule has 110 valence electrons. The fourth-order valence-electron chi connectivity index (χ4n) is 2.18. The van der Waals surface area contributed by atoms with Crippen LogP contribution < -0.4 is 15.2 Å². The first-order valence-corrected chi connectivity index (χ1v) is 7.97. The molecule has 3 nitrogen and oxygen atoms in total. The van der Waals surface area contributed by atoms with E-state index in [-0.39, 0.29) is 6.04 Å². The third-order valence-corrected chi connectivity index (χ3v) is 4.36. The van der Waals surface area contributed by atoms with Crippen LogP contribution in [0.5, 0.6) is 11.5 Å². The van der Waals surface area contributed by atoms with Gasteiger partial charge in [0.1, 0.15) is 0 Å². The van der Waals surface area contributed by atoms with Crippen molar-refractivity contribution in [3.05, 3.63) is 48.0 Å². The van der Waals surface area contributed by atoms with Crippen LogP contribution in [0.4, 0.5) is 0 Å². The summed E-state index contributed by atoms with van der Waals surface area (Å²) in [5, 5.41) is 0. The van der Waals surface area contributed by atoms with Crippen molar-refractivity contribution in [1.29, 1.82) is 0 Å². The van der Waals surface area contributed by atoms with Crippen LogP contribution in [0, 0.1) is 0 Å². The van der Waals surface area contributed by atoms with Gasteiger partial charge in [0.2, 0.25) is 0 Å². The summed E-state index contributed by atoms with van der Waals surface area (Å²) in [6, 6.07) is 14.5. The molecule has 0 fully saturated rings. The lowest BCUT2D eigenvalue weighted by Crippen LogP contribution is -2.04. The van der Waals surface area contributed by atoms with Crippen LogP contribution in [0.15, 0.2) is 52.3 Å². The van der Waals surface area contributed by atoms with Crippen LogP contribution in [-0.4, -0.2) is 13.2 Å². The Labute approximate surface area is 129 Å². The third kappa shape index (κ3) is 3.52. The summed E-state index contributed by atoms with van der Waals surface area (Å²) in [4.78, 5) is 2.33. The second-order valence-electron chi connectivity index (χ2n) is 5.12. The van der Waals surface area contributed by atoms with Gasteiger partial charge in [-0.15, -0.1) is 0 Å². The summed E-state index contributed by atoms with van der Waals surface area (Å²) in [6.45, 7) is 3.42. The molecule has 0 saturated carbocycles. The van der Waals surface area contributed by atoms with Crippen molar-refractivity contribution < 1.29 is 9.47 Å². The molecule has 2 aromatic rings. The Morgan fingerprint density at radius 1 is 0.952 bits per heavy atom. The van der Waals surface area contributed by atoms with Crippen LogP contribution in [0.2, 0.25) is 0 Å². The molecular formula is C17H19NO2S. The fraction of sp³-hybridized carbons (Fsp3) is 0.294. The number of rotatable bonds is 3. The summed E-state index contributed by atoms with van der Waals surface area (Å²) < 4.78 is 11.4. The Hall–Kier alpha value is -1.65. The molecule has 1 heterocycles. The van der Waals surface area contributed by atoms with E-state index >= 15 is 0 Å². The molecule has 0 amide bonds. The fourth-order valence-corrected chi connectivity index (χ4v) is 3.03. The summed E-state index contributed by atoms with van der Waals surface area (Å²) in [5.74, 6) is 1.67. The minimum atomic E-state index is 0.0714. The molecular weight excluding hydrogens is 282 g/mol. The second kappa shape index (κ2) is 6.41. The molecule has 3 rings (SSSR count). The monoisotopic (exact) mass is 301 g/mol. The molecule has 21 heavy (non-hydrogen) atoms. The van der Waals surface area contributed by atoms with Gasteiger partial charge in [0.15, 0.2) is 11.5 Å². The van der Waals surface area contributed by atoms with E-state index in [1.165, 1.54) is 4.90 Å². The smallest absolute Gasteiger partial charge is 0.162 e. The molecule has 0 aliphatic carbocycles. The lowest BCUT2D eigenvalue weighted by Gasteiger charge is -2.10. The van der Waals surface area contributed by atoms with Crippen molar-refractivity contribution in [3.8, 4) is 11.5 Å². The van der Waals surface area contributed by atoms with Crippen molar-refractivity contribution in [2.24, 2.45) is 5.73 Å².